The molecule has 4 nitrogen and oxygen atoms in total. The molecule has 0 bridgehead atoms. The summed E-state index contributed by atoms with van der Waals surface area (Å²) in [4.78, 5) is 18.8. The minimum atomic E-state index is 0.0663. The molecule has 1 fully saturated rings. The summed E-state index contributed by atoms with van der Waals surface area (Å²) in [5, 5.41) is 5.50. The van der Waals surface area contributed by atoms with Crippen molar-refractivity contribution in [1.82, 2.24) is 15.1 Å². The zero-order chi connectivity index (χ0) is 16.4. The van der Waals surface area contributed by atoms with Gasteiger partial charge in [-0.15, -0.1) is 11.3 Å². The number of benzene rings is 1. The highest BCUT2D eigenvalue weighted by atomic mass is 32.1. The molecule has 2 aliphatic heterocycles. The first-order valence-corrected chi connectivity index (χ1v) is 9.54. The fourth-order valence-electron chi connectivity index (χ4n) is 3.73. The van der Waals surface area contributed by atoms with Gasteiger partial charge in [0.15, 0.2) is 0 Å². The zero-order valence-electron chi connectivity index (χ0n) is 13.8. The molecule has 2 aliphatic rings. The summed E-state index contributed by atoms with van der Waals surface area (Å²) < 4.78 is 0. The van der Waals surface area contributed by atoms with E-state index in [1.54, 1.807) is 0 Å². The molecule has 0 saturated carbocycles. The van der Waals surface area contributed by atoms with Crippen LogP contribution >= 0.6 is 11.3 Å². The van der Waals surface area contributed by atoms with Gasteiger partial charge < -0.3 is 10.2 Å². The lowest BCUT2D eigenvalue weighted by Gasteiger charge is -2.38. The van der Waals surface area contributed by atoms with Crippen molar-refractivity contribution in [1.29, 1.82) is 0 Å². The number of amides is 1. The quantitative estimate of drug-likeness (QED) is 0.929. The Kier molecular flexibility index (Phi) is 4.65. The van der Waals surface area contributed by atoms with Crippen molar-refractivity contribution in [2.75, 3.05) is 39.3 Å². The van der Waals surface area contributed by atoms with Gasteiger partial charge in [0.2, 0.25) is 5.91 Å². The monoisotopic (exact) mass is 341 g/mol. The average Bonchev–Trinajstić information content (AvgIpc) is 3.11. The predicted molar refractivity (Wildman–Crippen MR) is 97.3 cm³/mol. The maximum absolute atomic E-state index is 13.0. The topological polar surface area (TPSA) is 35.6 Å². The van der Waals surface area contributed by atoms with Crippen molar-refractivity contribution in [2.24, 2.45) is 0 Å². The Balaban J connectivity index is 1.60. The number of fused-ring (bicyclic) bond motifs is 1. The molecular formula is C19H23N3OS. The Labute approximate surface area is 147 Å². The molecule has 1 aromatic heterocycles. The van der Waals surface area contributed by atoms with Gasteiger partial charge in [0.1, 0.15) is 0 Å². The molecule has 1 unspecified atom stereocenters. The van der Waals surface area contributed by atoms with Gasteiger partial charge in [-0.1, -0.05) is 30.3 Å². The standard InChI is InChI=1S/C19H23N3OS/c23-18(14-21-11-8-20-9-12-21)22-10-6-17-16(7-13-24-17)19(22)15-4-2-1-3-5-15/h1-5,7,13,19-20H,6,8-12,14H2. The van der Waals surface area contributed by atoms with Crippen LogP contribution in [0.4, 0.5) is 0 Å². The van der Waals surface area contributed by atoms with Crippen LogP contribution in [0.1, 0.15) is 22.0 Å². The molecule has 126 valence electrons. The number of thiophene rings is 1. The number of carbonyl (C=O) groups excluding carboxylic acids is 1. The lowest BCUT2D eigenvalue weighted by Crippen LogP contribution is -2.50. The van der Waals surface area contributed by atoms with E-state index < -0.39 is 0 Å². The van der Waals surface area contributed by atoms with E-state index in [1.165, 1.54) is 16.0 Å². The van der Waals surface area contributed by atoms with Gasteiger partial charge in [0, 0.05) is 37.6 Å². The van der Waals surface area contributed by atoms with E-state index in [1.807, 2.05) is 17.4 Å². The van der Waals surface area contributed by atoms with Crippen LogP contribution < -0.4 is 5.32 Å². The smallest absolute Gasteiger partial charge is 0.237 e. The summed E-state index contributed by atoms with van der Waals surface area (Å²) >= 11 is 1.82. The van der Waals surface area contributed by atoms with Gasteiger partial charge in [0.25, 0.3) is 0 Å². The number of hydrogen-bond donors (Lipinski definition) is 1. The van der Waals surface area contributed by atoms with Crippen LogP contribution in [0.2, 0.25) is 0 Å². The van der Waals surface area contributed by atoms with Crippen molar-refractivity contribution < 1.29 is 4.79 Å². The molecule has 1 N–H and O–H groups in total. The average molecular weight is 341 g/mol. The molecule has 24 heavy (non-hydrogen) atoms. The number of nitrogens with zero attached hydrogens (tertiary/aromatic N) is 2. The summed E-state index contributed by atoms with van der Waals surface area (Å²) in [5.74, 6) is 0.252. The van der Waals surface area contributed by atoms with Crippen LogP contribution in [0.5, 0.6) is 0 Å². The first kappa shape index (κ1) is 15.8. The molecule has 3 heterocycles. The Morgan fingerprint density at radius 2 is 1.92 bits per heavy atom. The second-order valence-corrected chi connectivity index (χ2v) is 7.48. The van der Waals surface area contributed by atoms with Crippen molar-refractivity contribution >= 4 is 17.2 Å². The van der Waals surface area contributed by atoms with Gasteiger partial charge in [-0.2, -0.15) is 0 Å². The van der Waals surface area contributed by atoms with Crippen LogP contribution in [-0.4, -0.2) is 55.0 Å². The Bertz CT molecular complexity index is 694. The lowest BCUT2D eigenvalue weighted by atomic mass is 9.93. The molecule has 0 radical (unpaired) electrons. The van der Waals surface area contributed by atoms with Crippen LogP contribution in [0.15, 0.2) is 41.8 Å². The predicted octanol–water partition coefficient (Wildman–Crippen LogP) is 2.13. The number of hydrogen-bond acceptors (Lipinski definition) is 4. The van der Waals surface area contributed by atoms with Gasteiger partial charge in [-0.25, -0.2) is 0 Å². The van der Waals surface area contributed by atoms with E-state index in [9.17, 15) is 4.79 Å². The van der Waals surface area contributed by atoms with Crippen LogP contribution in [0, 0.1) is 0 Å². The summed E-state index contributed by atoms with van der Waals surface area (Å²) in [6.07, 6.45) is 0.976. The van der Waals surface area contributed by atoms with Gasteiger partial charge >= 0.3 is 0 Å². The van der Waals surface area contributed by atoms with Crippen molar-refractivity contribution in [3.8, 4) is 0 Å². The largest absolute Gasteiger partial charge is 0.330 e. The van der Waals surface area contributed by atoms with E-state index in [4.69, 9.17) is 0 Å². The van der Waals surface area contributed by atoms with Gasteiger partial charge in [-0.3, -0.25) is 9.69 Å². The van der Waals surface area contributed by atoms with E-state index in [2.05, 4.69) is 50.8 Å². The second-order valence-electron chi connectivity index (χ2n) is 6.48. The van der Waals surface area contributed by atoms with E-state index >= 15 is 0 Å². The minimum absolute atomic E-state index is 0.0663. The summed E-state index contributed by atoms with van der Waals surface area (Å²) in [6.45, 7) is 5.22. The first-order chi connectivity index (χ1) is 11.8. The molecule has 1 atom stereocenters. The fraction of sp³-hybridized carbons (Fsp3) is 0.421. The maximum atomic E-state index is 13.0. The third kappa shape index (κ3) is 3.11. The normalized spacial score (nSPS) is 21.5. The van der Waals surface area contributed by atoms with Crippen LogP contribution in [0.25, 0.3) is 0 Å². The number of rotatable bonds is 3. The molecular weight excluding hydrogens is 318 g/mol. The Morgan fingerprint density at radius 1 is 1.12 bits per heavy atom. The van der Waals surface area contributed by atoms with Crippen molar-refractivity contribution in [3.05, 3.63) is 57.8 Å². The highest BCUT2D eigenvalue weighted by Gasteiger charge is 2.33. The number of nitrogens with one attached hydrogen (secondary N) is 1. The zero-order valence-corrected chi connectivity index (χ0v) is 14.6. The van der Waals surface area contributed by atoms with Crippen molar-refractivity contribution in [3.63, 3.8) is 0 Å². The highest BCUT2D eigenvalue weighted by Crippen LogP contribution is 2.37. The molecule has 4 rings (SSSR count). The number of piperazine rings is 1. The lowest BCUT2D eigenvalue weighted by molar-refractivity contribution is -0.134. The molecule has 2 aromatic rings. The first-order valence-electron chi connectivity index (χ1n) is 8.66. The van der Waals surface area contributed by atoms with Crippen molar-refractivity contribution in [2.45, 2.75) is 12.5 Å². The Morgan fingerprint density at radius 3 is 2.71 bits per heavy atom. The molecule has 1 saturated heterocycles. The fourth-order valence-corrected chi connectivity index (χ4v) is 4.64. The van der Waals surface area contributed by atoms with E-state index in [0.29, 0.717) is 6.54 Å². The molecule has 5 heteroatoms. The summed E-state index contributed by atoms with van der Waals surface area (Å²) in [6, 6.07) is 12.7. The van der Waals surface area contributed by atoms with E-state index in [0.717, 1.165) is 39.1 Å². The molecule has 0 aliphatic carbocycles. The minimum Gasteiger partial charge on any atom is -0.330 e. The summed E-state index contributed by atoms with van der Waals surface area (Å²) in [5.41, 5.74) is 2.52. The SMILES string of the molecule is O=C(CN1CCNCC1)N1CCc2sccc2C1c1ccccc1. The molecule has 0 spiro atoms. The maximum Gasteiger partial charge on any atom is 0.237 e. The number of carbonyl (C=O) groups is 1. The molecule has 1 amide bonds. The summed E-state index contributed by atoms with van der Waals surface area (Å²) in [7, 11) is 0. The Hall–Kier alpha value is -1.69. The van der Waals surface area contributed by atoms with E-state index in [-0.39, 0.29) is 11.9 Å². The van der Waals surface area contributed by atoms with Gasteiger partial charge in [-0.05, 0) is 29.0 Å². The second kappa shape index (κ2) is 7.05. The van der Waals surface area contributed by atoms with Gasteiger partial charge in [0.05, 0.1) is 12.6 Å². The van der Waals surface area contributed by atoms with Crippen LogP contribution in [0.3, 0.4) is 0 Å². The van der Waals surface area contributed by atoms with Crippen LogP contribution in [-0.2, 0) is 11.2 Å². The third-order valence-corrected chi connectivity index (χ3v) is 5.97. The third-order valence-electron chi connectivity index (χ3n) is 4.97. The highest BCUT2D eigenvalue weighted by molar-refractivity contribution is 7.10. The molecule has 1 aromatic carbocycles.